The van der Waals surface area contributed by atoms with E-state index in [1.54, 1.807) is 0 Å². The number of likely N-dealkylation sites (tertiary alicyclic amines) is 1. The molecule has 2 heterocycles. The number of nitrogens with one attached hydrogen (secondary N) is 3. The van der Waals surface area contributed by atoms with Crippen molar-refractivity contribution in [2.24, 2.45) is 4.99 Å². The molecule has 170 valence electrons. The van der Waals surface area contributed by atoms with Gasteiger partial charge in [-0.05, 0) is 43.5 Å². The number of hydrogen-bond donors (Lipinski definition) is 3. The van der Waals surface area contributed by atoms with Gasteiger partial charge in [0.1, 0.15) is 6.33 Å². The topological polar surface area (TPSA) is 81.2 Å². The molecule has 1 unspecified atom stereocenters. The highest BCUT2D eigenvalue weighted by molar-refractivity contribution is 14.0. The van der Waals surface area contributed by atoms with Crippen LogP contribution in [0.3, 0.4) is 0 Å². The van der Waals surface area contributed by atoms with E-state index >= 15 is 0 Å². The van der Waals surface area contributed by atoms with Crippen LogP contribution in [0.4, 0.5) is 0 Å². The number of benzene rings is 2. The molecule has 0 saturated carbocycles. The van der Waals surface area contributed by atoms with Gasteiger partial charge in [0, 0.05) is 31.2 Å². The van der Waals surface area contributed by atoms with Crippen molar-refractivity contribution in [2.75, 3.05) is 19.6 Å². The third-order valence-corrected chi connectivity index (χ3v) is 5.61. The molecular weight excluding hydrogens is 513 g/mol. The van der Waals surface area contributed by atoms with E-state index in [1.807, 2.05) is 12.1 Å². The smallest absolute Gasteiger partial charge is 0.191 e. The van der Waals surface area contributed by atoms with Crippen molar-refractivity contribution in [1.29, 1.82) is 0 Å². The molecule has 2 aromatic carbocycles. The average molecular weight is 545 g/mol. The van der Waals surface area contributed by atoms with Crippen molar-refractivity contribution < 1.29 is 0 Å². The van der Waals surface area contributed by atoms with Gasteiger partial charge in [0.2, 0.25) is 0 Å². The van der Waals surface area contributed by atoms with Crippen molar-refractivity contribution in [3.63, 3.8) is 0 Å². The fourth-order valence-electron chi connectivity index (χ4n) is 4.04. The van der Waals surface area contributed by atoms with E-state index in [-0.39, 0.29) is 24.0 Å². The van der Waals surface area contributed by atoms with Crippen LogP contribution in [-0.4, -0.2) is 51.7 Å². The van der Waals surface area contributed by atoms with Crippen LogP contribution in [0.2, 0.25) is 0 Å². The Bertz CT molecular complexity index is 959. The molecule has 1 atom stereocenters. The number of halogens is 1. The zero-order valence-corrected chi connectivity index (χ0v) is 20.8. The first-order valence-electron chi connectivity index (χ1n) is 11.1. The Morgan fingerprint density at radius 3 is 2.75 bits per heavy atom. The molecule has 0 radical (unpaired) electrons. The number of H-pyrrole nitrogens is 1. The van der Waals surface area contributed by atoms with E-state index in [0.29, 0.717) is 12.6 Å². The molecule has 7 nitrogen and oxygen atoms in total. The molecule has 8 heteroatoms. The van der Waals surface area contributed by atoms with Gasteiger partial charge in [-0.2, -0.15) is 5.10 Å². The molecule has 1 fully saturated rings. The number of guanidine groups is 1. The predicted octanol–water partition coefficient (Wildman–Crippen LogP) is 3.81. The van der Waals surface area contributed by atoms with Gasteiger partial charge in [0.05, 0.1) is 6.54 Å². The molecule has 32 heavy (non-hydrogen) atoms. The van der Waals surface area contributed by atoms with Crippen molar-refractivity contribution >= 4 is 29.9 Å². The first-order chi connectivity index (χ1) is 15.3. The lowest BCUT2D eigenvalue weighted by molar-refractivity contribution is 0.245. The van der Waals surface area contributed by atoms with E-state index in [2.05, 4.69) is 80.1 Å². The van der Waals surface area contributed by atoms with Crippen LogP contribution < -0.4 is 10.6 Å². The molecule has 3 aromatic rings. The summed E-state index contributed by atoms with van der Waals surface area (Å²) in [6.07, 6.45) is 4.00. The number of hydrogen-bond acceptors (Lipinski definition) is 4. The SMILES string of the molecule is CCNC(=NCc1cccc(-c2ncn[nH]2)c1)NCC1CCCN1Cc1ccccc1.I. The lowest BCUT2D eigenvalue weighted by Crippen LogP contribution is -2.44. The quantitative estimate of drug-likeness (QED) is 0.228. The minimum absolute atomic E-state index is 0. The van der Waals surface area contributed by atoms with Gasteiger partial charge < -0.3 is 10.6 Å². The van der Waals surface area contributed by atoms with Gasteiger partial charge in [0.15, 0.2) is 11.8 Å². The minimum atomic E-state index is 0. The molecule has 3 N–H and O–H groups in total. The summed E-state index contributed by atoms with van der Waals surface area (Å²) in [4.78, 5) is 11.6. The van der Waals surface area contributed by atoms with E-state index in [1.165, 1.54) is 24.7 Å². The van der Waals surface area contributed by atoms with Crippen LogP contribution >= 0.6 is 24.0 Å². The van der Waals surface area contributed by atoms with Gasteiger partial charge in [0.25, 0.3) is 0 Å². The summed E-state index contributed by atoms with van der Waals surface area (Å²) in [5.74, 6) is 1.63. The maximum Gasteiger partial charge on any atom is 0.191 e. The second-order valence-corrected chi connectivity index (χ2v) is 7.86. The Morgan fingerprint density at radius 1 is 1.12 bits per heavy atom. The molecule has 0 amide bonds. The van der Waals surface area contributed by atoms with E-state index in [4.69, 9.17) is 4.99 Å². The van der Waals surface area contributed by atoms with Crippen molar-refractivity contribution in [2.45, 2.75) is 38.9 Å². The first-order valence-corrected chi connectivity index (χ1v) is 11.1. The van der Waals surface area contributed by atoms with E-state index in [9.17, 15) is 0 Å². The Hall–Kier alpha value is -2.46. The second kappa shape index (κ2) is 12.5. The largest absolute Gasteiger partial charge is 0.357 e. The molecule has 0 bridgehead atoms. The third-order valence-electron chi connectivity index (χ3n) is 5.61. The summed E-state index contributed by atoms with van der Waals surface area (Å²) in [6, 6.07) is 19.5. The third kappa shape index (κ3) is 6.77. The predicted molar refractivity (Wildman–Crippen MR) is 140 cm³/mol. The molecule has 1 aliphatic rings. The van der Waals surface area contributed by atoms with Crippen molar-refractivity contribution in [3.8, 4) is 11.4 Å². The standard InChI is InChI=1S/C24H31N7.HI/c1-2-25-24(26-15-20-10-6-11-21(14-20)23-28-18-29-30-23)27-16-22-12-7-13-31(22)17-19-8-4-3-5-9-19;/h3-6,8-11,14,18,22H,2,7,12-13,15-17H2,1H3,(H2,25,26,27)(H,28,29,30);1H. The van der Waals surface area contributed by atoms with Crippen molar-refractivity contribution in [1.82, 2.24) is 30.7 Å². The highest BCUT2D eigenvalue weighted by Crippen LogP contribution is 2.19. The normalized spacial score (nSPS) is 16.5. The number of aromatic amines is 1. The highest BCUT2D eigenvalue weighted by Gasteiger charge is 2.24. The van der Waals surface area contributed by atoms with Gasteiger partial charge in [-0.1, -0.05) is 48.5 Å². The number of aromatic nitrogens is 3. The summed E-state index contributed by atoms with van der Waals surface area (Å²) < 4.78 is 0. The Labute approximate surface area is 207 Å². The van der Waals surface area contributed by atoms with Gasteiger partial charge in [-0.15, -0.1) is 24.0 Å². The lowest BCUT2D eigenvalue weighted by Gasteiger charge is -2.25. The molecule has 0 aliphatic carbocycles. The monoisotopic (exact) mass is 545 g/mol. The number of aliphatic imine (C=N–C) groups is 1. The first kappa shape index (κ1) is 24.2. The van der Waals surface area contributed by atoms with Gasteiger partial charge in [-0.25, -0.2) is 9.98 Å². The summed E-state index contributed by atoms with van der Waals surface area (Å²) in [5.41, 5.74) is 3.53. The minimum Gasteiger partial charge on any atom is -0.357 e. The summed E-state index contributed by atoms with van der Waals surface area (Å²) in [7, 11) is 0. The maximum absolute atomic E-state index is 4.81. The summed E-state index contributed by atoms with van der Waals surface area (Å²) >= 11 is 0. The zero-order chi connectivity index (χ0) is 21.3. The van der Waals surface area contributed by atoms with Crippen LogP contribution in [0.5, 0.6) is 0 Å². The maximum atomic E-state index is 4.81. The van der Waals surface area contributed by atoms with Gasteiger partial charge >= 0.3 is 0 Å². The Balaban J connectivity index is 0.00000289. The van der Waals surface area contributed by atoms with Crippen LogP contribution in [-0.2, 0) is 13.1 Å². The fraction of sp³-hybridized carbons (Fsp3) is 0.375. The lowest BCUT2D eigenvalue weighted by atomic mass is 10.1. The Kier molecular flexibility index (Phi) is 9.48. The van der Waals surface area contributed by atoms with Crippen LogP contribution in [0.15, 0.2) is 65.9 Å². The summed E-state index contributed by atoms with van der Waals surface area (Å²) in [5, 5.41) is 13.8. The zero-order valence-electron chi connectivity index (χ0n) is 18.5. The molecule has 1 aromatic heterocycles. The fourth-order valence-corrected chi connectivity index (χ4v) is 4.04. The molecule has 4 rings (SSSR count). The molecular formula is C24H32IN7. The highest BCUT2D eigenvalue weighted by atomic mass is 127. The van der Waals surface area contributed by atoms with Gasteiger partial charge in [-0.3, -0.25) is 10.00 Å². The number of rotatable bonds is 8. The van der Waals surface area contributed by atoms with Crippen LogP contribution in [0.1, 0.15) is 30.9 Å². The molecule has 1 saturated heterocycles. The Morgan fingerprint density at radius 2 is 1.97 bits per heavy atom. The average Bonchev–Trinajstić information content (AvgIpc) is 3.49. The van der Waals surface area contributed by atoms with E-state index < -0.39 is 0 Å². The molecule has 0 spiro atoms. The van der Waals surface area contributed by atoms with Crippen LogP contribution in [0, 0.1) is 0 Å². The van der Waals surface area contributed by atoms with Crippen LogP contribution in [0.25, 0.3) is 11.4 Å². The van der Waals surface area contributed by atoms with E-state index in [0.717, 1.165) is 49.1 Å². The number of nitrogens with zero attached hydrogens (tertiary/aromatic N) is 4. The van der Waals surface area contributed by atoms with Crippen molar-refractivity contribution in [3.05, 3.63) is 72.1 Å². The summed E-state index contributed by atoms with van der Waals surface area (Å²) in [6.45, 7) is 6.60. The molecule has 1 aliphatic heterocycles. The second-order valence-electron chi connectivity index (χ2n) is 7.86.